The lowest BCUT2D eigenvalue weighted by Crippen LogP contribution is -2.42. The molecule has 2 heterocycles. The van der Waals surface area contributed by atoms with Crippen LogP contribution in [0.15, 0.2) is 57.8 Å². The average molecular weight is 506 g/mol. The molecule has 8 heteroatoms. The number of pyridine rings is 1. The minimum Gasteiger partial charge on any atom is -0.483 e. The monoisotopic (exact) mass is 504 g/mol. The molecule has 0 saturated heterocycles. The highest BCUT2D eigenvalue weighted by molar-refractivity contribution is 9.10. The molecule has 0 unspecified atom stereocenters. The van der Waals surface area contributed by atoms with E-state index in [1.807, 2.05) is 34.9 Å². The third kappa shape index (κ3) is 4.25. The number of amides is 1. The predicted molar refractivity (Wildman–Crippen MR) is 120 cm³/mol. The lowest BCUT2D eigenvalue weighted by molar-refractivity contribution is 0.0678. The van der Waals surface area contributed by atoms with Crippen molar-refractivity contribution in [2.45, 2.75) is 26.6 Å². The largest absolute Gasteiger partial charge is 0.483 e. The SMILES string of the molecule is Cc1c(Br)c(=O)c(OCc2ccccc2)c2n1CCN(Cc1ccc(F)c(Cl)c1)C2=O. The summed E-state index contributed by atoms with van der Waals surface area (Å²) < 4.78 is 21.6. The van der Waals surface area contributed by atoms with E-state index in [0.29, 0.717) is 28.8 Å². The van der Waals surface area contributed by atoms with Crippen LogP contribution in [0, 0.1) is 12.7 Å². The molecule has 0 aliphatic carbocycles. The molecule has 4 rings (SSSR count). The molecule has 0 fully saturated rings. The second kappa shape index (κ2) is 8.85. The number of halogens is 3. The molecule has 160 valence electrons. The van der Waals surface area contributed by atoms with Gasteiger partial charge in [0.15, 0.2) is 11.4 Å². The summed E-state index contributed by atoms with van der Waals surface area (Å²) in [7, 11) is 0. The standard InChI is InChI=1S/C23H19BrClFN2O3/c1-14-19(24)21(29)22(31-13-15-5-3-2-4-6-15)20-23(30)27(9-10-28(14)20)12-16-7-8-18(26)17(25)11-16/h2-8,11H,9-10,12-13H2,1H3. The van der Waals surface area contributed by atoms with Crippen molar-refractivity contribution in [1.29, 1.82) is 0 Å². The summed E-state index contributed by atoms with van der Waals surface area (Å²) in [5, 5.41) is 0.00485. The Morgan fingerprint density at radius 2 is 1.84 bits per heavy atom. The summed E-state index contributed by atoms with van der Waals surface area (Å²) in [5.74, 6) is -0.806. The van der Waals surface area contributed by atoms with E-state index in [0.717, 1.165) is 5.56 Å². The van der Waals surface area contributed by atoms with Gasteiger partial charge in [-0.1, -0.05) is 48.0 Å². The normalized spacial score (nSPS) is 13.3. The van der Waals surface area contributed by atoms with E-state index in [2.05, 4.69) is 15.9 Å². The average Bonchev–Trinajstić information content (AvgIpc) is 2.77. The van der Waals surface area contributed by atoms with Crippen LogP contribution in [-0.2, 0) is 19.7 Å². The van der Waals surface area contributed by atoms with Crippen LogP contribution < -0.4 is 10.2 Å². The topological polar surface area (TPSA) is 51.5 Å². The van der Waals surface area contributed by atoms with E-state index in [1.54, 1.807) is 17.9 Å². The molecule has 2 aromatic carbocycles. The molecule has 0 atom stereocenters. The van der Waals surface area contributed by atoms with E-state index in [4.69, 9.17) is 16.3 Å². The van der Waals surface area contributed by atoms with Crippen molar-refractivity contribution in [3.63, 3.8) is 0 Å². The zero-order valence-electron chi connectivity index (χ0n) is 16.7. The van der Waals surface area contributed by atoms with Crippen LogP contribution in [0.25, 0.3) is 0 Å². The number of rotatable bonds is 5. The smallest absolute Gasteiger partial charge is 0.274 e. The number of aromatic nitrogens is 1. The van der Waals surface area contributed by atoms with E-state index >= 15 is 0 Å². The van der Waals surface area contributed by atoms with Gasteiger partial charge in [0.05, 0.1) is 9.50 Å². The Labute approximate surface area is 192 Å². The van der Waals surface area contributed by atoms with Crippen LogP contribution in [-0.4, -0.2) is 21.9 Å². The summed E-state index contributed by atoms with van der Waals surface area (Å²) in [6.45, 7) is 3.15. The molecular weight excluding hydrogens is 487 g/mol. The molecule has 0 bridgehead atoms. The Balaban J connectivity index is 1.69. The summed E-state index contributed by atoms with van der Waals surface area (Å²) in [5.41, 5.74) is 2.13. The van der Waals surface area contributed by atoms with Gasteiger partial charge in [-0.25, -0.2) is 4.39 Å². The third-order valence-corrected chi connectivity index (χ3v) is 6.50. The van der Waals surface area contributed by atoms with Crippen molar-refractivity contribution in [2.75, 3.05) is 6.54 Å². The highest BCUT2D eigenvalue weighted by atomic mass is 79.9. The van der Waals surface area contributed by atoms with Crippen LogP contribution in [0.1, 0.15) is 27.3 Å². The van der Waals surface area contributed by atoms with Crippen molar-refractivity contribution < 1.29 is 13.9 Å². The Kier molecular flexibility index (Phi) is 6.16. The minimum atomic E-state index is -0.510. The minimum absolute atomic E-state index is 0.00485. The molecule has 5 nitrogen and oxygen atoms in total. The van der Waals surface area contributed by atoms with Gasteiger partial charge in [-0.2, -0.15) is 0 Å². The second-order valence-corrected chi connectivity index (χ2v) is 8.51. The Morgan fingerprint density at radius 3 is 2.55 bits per heavy atom. The number of hydrogen-bond donors (Lipinski definition) is 0. The quantitative estimate of drug-likeness (QED) is 0.493. The van der Waals surface area contributed by atoms with Gasteiger partial charge < -0.3 is 14.2 Å². The molecule has 1 amide bonds. The number of hydrogen-bond acceptors (Lipinski definition) is 3. The maximum Gasteiger partial charge on any atom is 0.274 e. The second-order valence-electron chi connectivity index (χ2n) is 7.31. The molecule has 1 aliphatic heterocycles. The van der Waals surface area contributed by atoms with Crippen LogP contribution in [0.5, 0.6) is 5.75 Å². The first-order valence-corrected chi connectivity index (χ1v) is 10.9. The molecule has 0 N–H and O–H groups in total. The predicted octanol–water partition coefficient (Wildman–Crippen LogP) is 4.95. The molecule has 1 aliphatic rings. The molecule has 0 saturated carbocycles. The number of carbonyl (C=O) groups is 1. The summed E-state index contributed by atoms with van der Waals surface area (Å²) in [6, 6.07) is 13.8. The van der Waals surface area contributed by atoms with Gasteiger partial charge >= 0.3 is 0 Å². The Bertz CT molecular complexity index is 1210. The first-order chi connectivity index (χ1) is 14.9. The van der Waals surface area contributed by atoms with Crippen molar-refractivity contribution >= 4 is 33.4 Å². The van der Waals surface area contributed by atoms with Crippen LogP contribution >= 0.6 is 27.5 Å². The molecule has 3 aromatic rings. The number of ether oxygens (including phenoxy) is 1. The number of benzene rings is 2. The van der Waals surface area contributed by atoms with Crippen molar-refractivity contribution in [1.82, 2.24) is 9.47 Å². The molecular formula is C23H19BrClFN2O3. The highest BCUT2D eigenvalue weighted by Crippen LogP contribution is 2.28. The first-order valence-electron chi connectivity index (χ1n) is 9.69. The molecule has 1 aromatic heterocycles. The first kappa shape index (κ1) is 21.6. The van der Waals surface area contributed by atoms with Crippen LogP contribution in [0.3, 0.4) is 0 Å². The fourth-order valence-corrected chi connectivity index (χ4v) is 4.21. The maximum atomic E-state index is 13.5. The van der Waals surface area contributed by atoms with E-state index < -0.39 is 5.82 Å². The fraction of sp³-hybridized carbons (Fsp3) is 0.217. The number of nitrogens with zero attached hydrogens (tertiary/aromatic N) is 2. The van der Waals surface area contributed by atoms with E-state index in [9.17, 15) is 14.0 Å². The van der Waals surface area contributed by atoms with Gasteiger partial charge in [0, 0.05) is 25.3 Å². The fourth-order valence-electron chi connectivity index (χ4n) is 3.62. The zero-order chi connectivity index (χ0) is 22.1. The van der Waals surface area contributed by atoms with E-state index in [1.165, 1.54) is 12.1 Å². The summed E-state index contributed by atoms with van der Waals surface area (Å²) in [4.78, 5) is 28.0. The van der Waals surface area contributed by atoms with Crippen molar-refractivity contribution in [3.8, 4) is 5.75 Å². The van der Waals surface area contributed by atoms with E-state index in [-0.39, 0.29) is 41.0 Å². The summed E-state index contributed by atoms with van der Waals surface area (Å²) >= 11 is 9.23. The van der Waals surface area contributed by atoms with Gasteiger partial charge in [0.2, 0.25) is 5.43 Å². The Morgan fingerprint density at radius 1 is 1.10 bits per heavy atom. The maximum absolute atomic E-state index is 13.5. The zero-order valence-corrected chi connectivity index (χ0v) is 19.0. The lowest BCUT2D eigenvalue weighted by atomic mass is 10.1. The van der Waals surface area contributed by atoms with Gasteiger partial charge in [-0.3, -0.25) is 9.59 Å². The van der Waals surface area contributed by atoms with Crippen LogP contribution in [0.2, 0.25) is 5.02 Å². The van der Waals surface area contributed by atoms with Crippen molar-refractivity contribution in [2.24, 2.45) is 0 Å². The summed E-state index contributed by atoms with van der Waals surface area (Å²) in [6.07, 6.45) is 0. The molecule has 0 radical (unpaired) electrons. The Hall–Kier alpha value is -2.64. The number of carbonyl (C=O) groups excluding carboxylic acids is 1. The molecule has 31 heavy (non-hydrogen) atoms. The number of fused-ring (bicyclic) bond motifs is 1. The third-order valence-electron chi connectivity index (χ3n) is 5.28. The van der Waals surface area contributed by atoms with Gasteiger partial charge in [0.25, 0.3) is 5.91 Å². The van der Waals surface area contributed by atoms with Gasteiger partial charge in [0.1, 0.15) is 12.4 Å². The van der Waals surface area contributed by atoms with Crippen LogP contribution in [0.4, 0.5) is 4.39 Å². The van der Waals surface area contributed by atoms with Crippen molar-refractivity contribution in [3.05, 3.63) is 96.6 Å². The van der Waals surface area contributed by atoms with Gasteiger partial charge in [-0.05, 0) is 46.1 Å². The highest BCUT2D eigenvalue weighted by Gasteiger charge is 2.32. The van der Waals surface area contributed by atoms with Gasteiger partial charge in [-0.15, -0.1) is 0 Å². The lowest BCUT2D eigenvalue weighted by Gasteiger charge is -2.32. The molecule has 0 spiro atoms.